The lowest BCUT2D eigenvalue weighted by atomic mass is 9.95. The molecule has 0 aromatic carbocycles. The summed E-state index contributed by atoms with van der Waals surface area (Å²) in [4.78, 5) is 19.0. The summed E-state index contributed by atoms with van der Waals surface area (Å²) in [6, 6.07) is 1.96. The van der Waals surface area contributed by atoms with Crippen LogP contribution in [0.1, 0.15) is 35.7 Å². The van der Waals surface area contributed by atoms with Gasteiger partial charge in [-0.25, -0.2) is 4.98 Å². The van der Waals surface area contributed by atoms with Crippen LogP contribution in [0.4, 0.5) is 0 Å². The van der Waals surface area contributed by atoms with E-state index in [0.717, 1.165) is 16.6 Å². The smallest absolute Gasteiger partial charge is 0.252 e. The Morgan fingerprint density at radius 2 is 2.25 bits per heavy atom. The molecule has 0 bridgehead atoms. The van der Waals surface area contributed by atoms with Gasteiger partial charge < -0.3 is 10.3 Å². The topological polar surface area (TPSA) is 57.8 Å². The van der Waals surface area contributed by atoms with Crippen molar-refractivity contribution in [3.8, 4) is 0 Å². The Morgan fingerprint density at radius 1 is 1.50 bits per heavy atom. The first-order chi connectivity index (χ1) is 7.65. The summed E-state index contributed by atoms with van der Waals surface area (Å²) < 4.78 is 0. The lowest BCUT2D eigenvalue weighted by Crippen LogP contribution is -2.20. The zero-order chi connectivity index (χ0) is 11.7. The highest BCUT2D eigenvalue weighted by Crippen LogP contribution is 2.26. The number of hydrogen-bond donors (Lipinski definition) is 2. The van der Waals surface area contributed by atoms with Gasteiger partial charge in [0.1, 0.15) is 5.65 Å². The first-order valence-electron chi connectivity index (χ1n) is 5.33. The van der Waals surface area contributed by atoms with Crippen molar-refractivity contribution in [1.29, 1.82) is 0 Å². The van der Waals surface area contributed by atoms with Crippen molar-refractivity contribution in [2.75, 3.05) is 7.05 Å². The second-order valence-corrected chi connectivity index (χ2v) is 4.06. The Kier molecular flexibility index (Phi) is 2.64. The fraction of sp³-hybridized carbons (Fsp3) is 0.333. The fourth-order valence-electron chi connectivity index (χ4n) is 1.97. The Labute approximate surface area is 94.1 Å². The molecule has 0 radical (unpaired) electrons. The maximum Gasteiger partial charge on any atom is 0.252 e. The molecule has 2 aromatic rings. The second kappa shape index (κ2) is 3.96. The van der Waals surface area contributed by atoms with Crippen LogP contribution in [0.3, 0.4) is 0 Å². The number of aromatic amines is 1. The zero-order valence-electron chi connectivity index (χ0n) is 9.66. The molecule has 16 heavy (non-hydrogen) atoms. The van der Waals surface area contributed by atoms with Crippen LogP contribution in [0.15, 0.2) is 18.5 Å². The van der Waals surface area contributed by atoms with Gasteiger partial charge in [-0.3, -0.25) is 4.79 Å². The van der Waals surface area contributed by atoms with Gasteiger partial charge in [0, 0.05) is 24.8 Å². The first-order valence-corrected chi connectivity index (χ1v) is 5.33. The van der Waals surface area contributed by atoms with E-state index in [1.54, 1.807) is 13.2 Å². The minimum absolute atomic E-state index is 0.0840. The maximum absolute atomic E-state index is 11.7. The molecule has 2 N–H and O–H groups in total. The number of fused-ring (bicyclic) bond motifs is 1. The number of hydrogen-bond acceptors (Lipinski definition) is 2. The predicted molar refractivity (Wildman–Crippen MR) is 63.6 cm³/mol. The van der Waals surface area contributed by atoms with Gasteiger partial charge in [0.05, 0.1) is 5.56 Å². The van der Waals surface area contributed by atoms with Gasteiger partial charge in [-0.15, -0.1) is 0 Å². The van der Waals surface area contributed by atoms with Crippen LogP contribution in [0.25, 0.3) is 11.0 Å². The highest BCUT2D eigenvalue weighted by Gasteiger charge is 2.17. The average molecular weight is 217 g/mol. The lowest BCUT2D eigenvalue weighted by Gasteiger charge is -2.12. The van der Waals surface area contributed by atoms with Gasteiger partial charge in [0.25, 0.3) is 5.91 Å². The Bertz CT molecular complexity index is 528. The zero-order valence-corrected chi connectivity index (χ0v) is 9.66. The molecule has 0 spiro atoms. The predicted octanol–water partition coefficient (Wildman–Crippen LogP) is 2.05. The van der Waals surface area contributed by atoms with Crippen molar-refractivity contribution in [2.45, 2.75) is 19.8 Å². The summed E-state index contributed by atoms with van der Waals surface area (Å²) in [5, 5.41) is 3.67. The summed E-state index contributed by atoms with van der Waals surface area (Å²) in [5.74, 6) is 0.202. The molecule has 0 fully saturated rings. The Hall–Kier alpha value is -1.84. The largest absolute Gasteiger partial charge is 0.355 e. The molecule has 4 heteroatoms. The monoisotopic (exact) mass is 217 g/mol. The number of nitrogens with zero attached hydrogens (tertiary/aromatic N) is 1. The lowest BCUT2D eigenvalue weighted by molar-refractivity contribution is 0.0961. The van der Waals surface area contributed by atoms with Gasteiger partial charge in [0.15, 0.2) is 0 Å². The Morgan fingerprint density at radius 3 is 2.88 bits per heavy atom. The van der Waals surface area contributed by atoms with E-state index in [2.05, 4.69) is 29.1 Å². The number of carbonyl (C=O) groups is 1. The van der Waals surface area contributed by atoms with E-state index in [4.69, 9.17) is 0 Å². The van der Waals surface area contributed by atoms with Crippen LogP contribution >= 0.6 is 0 Å². The van der Waals surface area contributed by atoms with Gasteiger partial charge >= 0.3 is 0 Å². The van der Waals surface area contributed by atoms with Crippen molar-refractivity contribution in [3.63, 3.8) is 0 Å². The molecule has 2 heterocycles. The summed E-state index contributed by atoms with van der Waals surface area (Å²) in [6.07, 6.45) is 3.48. The summed E-state index contributed by atoms with van der Waals surface area (Å²) in [7, 11) is 1.63. The molecule has 84 valence electrons. The number of amides is 1. The number of pyridine rings is 1. The van der Waals surface area contributed by atoms with E-state index in [1.165, 1.54) is 0 Å². The van der Waals surface area contributed by atoms with Crippen LogP contribution in [0.2, 0.25) is 0 Å². The maximum atomic E-state index is 11.7. The molecule has 0 saturated carbocycles. The van der Waals surface area contributed by atoms with Crippen molar-refractivity contribution in [2.24, 2.45) is 0 Å². The van der Waals surface area contributed by atoms with Crippen molar-refractivity contribution < 1.29 is 4.79 Å². The molecule has 0 saturated heterocycles. The molecular weight excluding hydrogens is 202 g/mol. The molecule has 4 nitrogen and oxygen atoms in total. The highest BCUT2D eigenvalue weighted by molar-refractivity contribution is 5.99. The van der Waals surface area contributed by atoms with E-state index < -0.39 is 0 Å². The van der Waals surface area contributed by atoms with Crippen molar-refractivity contribution in [1.82, 2.24) is 15.3 Å². The van der Waals surface area contributed by atoms with Crippen molar-refractivity contribution in [3.05, 3.63) is 29.6 Å². The number of carbonyl (C=O) groups excluding carboxylic acids is 1. The summed E-state index contributed by atoms with van der Waals surface area (Å²) in [6.45, 7) is 4.16. The second-order valence-electron chi connectivity index (χ2n) is 4.06. The van der Waals surface area contributed by atoms with Crippen molar-refractivity contribution >= 4 is 16.9 Å². The van der Waals surface area contributed by atoms with Crippen LogP contribution in [0, 0.1) is 0 Å². The van der Waals surface area contributed by atoms with E-state index in [1.807, 2.05) is 12.3 Å². The third-order valence-electron chi connectivity index (χ3n) is 2.68. The third kappa shape index (κ3) is 1.56. The van der Waals surface area contributed by atoms with Crippen LogP contribution < -0.4 is 5.32 Å². The molecule has 0 unspecified atom stereocenters. The fourth-order valence-corrected chi connectivity index (χ4v) is 1.97. The standard InChI is InChI=1S/C12H15N3O/c1-7(2)10-8-4-5-14-11(8)15-6-9(10)12(16)13-3/h4-7H,1-3H3,(H,13,16)(H,14,15). The van der Waals surface area contributed by atoms with Crippen LogP contribution in [0.5, 0.6) is 0 Å². The molecule has 0 aliphatic heterocycles. The first kappa shape index (κ1) is 10.7. The normalized spacial score (nSPS) is 11.0. The average Bonchev–Trinajstić information content (AvgIpc) is 2.73. The number of nitrogens with one attached hydrogen (secondary N) is 2. The third-order valence-corrected chi connectivity index (χ3v) is 2.68. The minimum Gasteiger partial charge on any atom is -0.355 e. The molecule has 0 aliphatic rings. The van der Waals surface area contributed by atoms with Gasteiger partial charge in [-0.1, -0.05) is 13.8 Å². The van der Waals surface area contributed by atoms with Crippen LogP contribution in [-0.4, -0.2) is 22.9 Å². The van der Waals surface area contributed by atoms with Crippen LogP contribution in [-0.2, 0) is 0 Å². The van der Waals surface area contributed by atoms with E-state index >= 15 is 0 Å². The molecule has 0 aliphatic carbocycles. The number of H-pyrrole nitrogens is 1. The van der Waals surface area contributed by atoms with Gasteiger partial charge in [0.2, 0.25) is 0 Å². The van der Waals surface area contributed by atoms with Gasteiger partial charge in [-0.05, 0) is 17.5 Å². The summed E-state index contributed by atoms with van der Waals surface area (Å²) >= 11 is 0. The molecule has 2 rings (SSSR count). The Balaban J connectivity index is 2.73. The number of aromatic nitrogens is 2. The SMILES string of the molecule is CNC(=O)c1cnc2[nH]ccc2c1C(C)C. The molecular formula is C12H15N3O. The number of rotatable bonds is 2. The van der Waals surface area contributed by atoms with E-state index in [9.17, 15) is 4.79 Å². The molecule has 1 amide bonds. The van der Waals surface area contributed by atoms with Gasteiger partial charge in [-0.2, -0.15) is 0 Å². The summed E-state index contributed by atoms with van der Waals surface area (Å²) in [5.41, 5.74) is 2.53. The van der Waals surface area contributed by atoms with E-state index in [-0.39, 0.29) is 11.8 Å². The quantitative estimate of drug-likeness (QED) is 0.808. The molecule has 0 atom stereocenters. The van der Waals surface area contributed by atoms with E-state index in [0.29, 0.717) is 5.56 Å². The highest BCUT2D eigenvalue weighted by atomic mass is 16.1. The minimum atomic E-state index is -0.0840. The molecule has 2 aromatic heterocycles.